The normalized spacial score (nSPS) is 13.7. The second kappa shape index (κ2) is 11.3. The molecule has 0 aromatic heterocycles. The van der Waals surface area contributed by atoms with Gasteiger partial charge in [-0.05, 0) is 49.6 Å². The van der Waals surface area contributed by atoms with E-state index >= 15 is 0 Å². The second-order valence-corrected chi connectivity index (χ2v) is 7.66. The van der Waals surface area contributed by atoms with Gasteiger partial charge in [-0.2, -0.15) is 0 Å². The lowest BCUT2D eigenvalue weighted by Crippen LogP contribution is -2.47. The van der Waals surface area contributed by atoms with Gasteiger partial charge in [0, 0.05) is 6.61 Å². The number of aryl methyl sites for hydroxylation is 1. The molecule has 1 atom stereocenters. The van der Waals surface area contributed by atoms with Crippen LogP contribution in [0.25, 0.3) is 0 Å². The van der Waals surface area contributed by atoms with E-state index in [1.54, 1.807) is 6.92 Å². The first-order valence-electron chi connectivity index (χ1n) is 9.32. The zero-order valence-corrected chi connectivity index (χ0v) is 17.3. The summed E-state index contributed by atoms with van der Waals surface area (Å²) in [6.45, 7) is 2.53. The summed E-state index contributed by atoms with van der Waals surface area (Å²) in [5, 5.41) is 0. The number of rotatable bonds is 13. The van der Waals surface area contributed by atoms with Crippen LogP contribution in [0.3, 0.4) is 0 Å². The third-order valence-electron chi connectivity index (χ3n) is 4.03. The first-order valence-corrected chi connectivity index (χ1v) is 10.9. The van der Waals surface area contributed by atoms with Gasteiger partial charge >= 0.3 is 7.82 Å². The van der Waals surface area contributed by atoms with Crippen LogP contribution in [-0.2, 0) is 20.2 Å². The van der Waals surface area contributed by atoms with Gasteiger partial charge in [0.05, 0.1) is 0 Å². The number of phosphoric acid groups is 1. The van der Waals surface area contributed by atoms with Crippen molar-refractivity contribution in [3.8, 4) is 11.5 Å². The number of phosphoric ester groups is 1. The van der Waals surface area contributed by atoms with Crippen molar-refractivity contribution in [2.75, 3.05) is 26.4 Å². The van der Waals surface area contributed by atoms with Crippen molar-refractivity contribution in [2.45, 2.75) is 25.5 Å². The lowest BCUT2D eigenvalue weighted by molar-refractivity contribution is -0.0739. The highest BCUT2D eigenvalue weighted by Crippen LogP contribution is 2.37. The molecule has 0 bridgehead atoms. The van der Waals surface area contributed by atoms with Gasteiger partial charge in [0.25, 0.3) is 0 Å². The molecule has 160 valence electrons. The maximum Gasteiger partial charge on any atom is 0.469 e. The van der Waals surface area contributed by atoms with Gasteiger partial charge < -0.3 is 29.7 Å². The second-order valence-electron chi connectivity index (χ2n) is 6.42. The standard InChI is InChI=1S/C20H28NO7P/c1-2-27-20(21,16-28-29(22,23)24)13-12-17-8-10-19(11-9-17)26-15-14-25-18-6-4-3-5-7-18/h3-11H,2,12-16,21H2,1H3,(H2,22,23,24). The van der Waals surface area contributed by atoms with E-state index in [4.69, 9.17) is 29.7 Å². The minimum absolute atomic E-state index is 0.304. The summed E-state index contributed by atoms with van der Waals surface area (Å²) in [6, 6.07) is 17.0. The van der Waals surface area contributed by atoms with Gasteiger partial charge in [0.2, 0.25) is 0 Å². The maximum absolute atomic E-state index is 10.9. The SMILES string of the molecule is CCOC(N)(CCc1ccc(OCCOc2ccccc2)cc1)COP(=O)(O)O. The predicted molar refractivity (Wildman–Crippen MR) is 109 cm³/mol. The molecule has 0 fully saturated rings. The van der Waals surface area contributed by atoms with Crippen molar-refractivity contribution < 1.29 is 33.1 Å². The number of nitrogens with two attached hydrogens (primary N) is 1. The first-order chi connectivity index (χ1) is 13.8. The van der Waals surface area contributed by atoms with Crippen molar-refractivity contribution in [1.29, 1.82) is 0 Å². The van der Waals surface area contributed by atoms with Crippen LogP contribution in [0.15, 0.2) is 54.6 Å². The lowest BCUT2D eigenvalue weighted by Gasteiger charge is -2.29. The van der Waals surface area contributed by atoms with Crippen LogP contribution in [0.4, 0.5) is 0 Å². The molecule has 8 nitrogen and oxygen atoms in total. The molecule has 0 spiro atoms. The Morgan fingerprint density at radius 3 is 2.10 bits per heavy atom. The van der Waals surface area contributed by atoms with E-state index in [0.717, 1.165) is 17.1 Å². The Bertz CT molecular complexity index is 766. The van der Waals surface area contributed by atoms with E-state index in [-0.39, 0.29) is 0 Å². The summed E-state index contributed by atoms with van der Waals surface area (Å²) in [5.41, 5.74) is 5.80. The minimum Gasteiger partial charge on any atom is -0.490 e. The van der Waals surface area contributed by atoms with Gasteiger partial charge in [0.1, 0.15) is 37.0 Å². The number of para-hydroxylation sites is 1. The Morgan fingerprint density at radius 2 is 1.55 bits per heavy atom. The van der Waals surface area contributed by atoms with E-state index in [2.05, 4.69) is 4.52 Å². The number of benzene rings is 2. The zero-order chi connectivity index (χ0) is 21.2. The highest BCUT2D eigenvalue weighted by atomic mass is 31.2. The van der Waals surface area contributed by atoms with E-state index in [1.165, 1.54) is 0 Å². The van der Waals surface area contributed by atoms with Crippen LogP contribution in [-0.4, -0.2) is 41.9 Å². The molecule has 29 heavy (non-hydrogen) atoms. The molecule has 0 aliphatic heterocycles. The molecule has 0 aliphatic rings. The third-order valence-corrected chi connectivity index (χ3v) is 4.50. The summed E-state index contributed by atoms with van der Waals surface area (Å²) < 4.78 is 32.1. The van der Waals surface area contributed by atoms with E-state index in [9.17, 15) is 4.57 Å². The highest BCUT2D eigenvalue weighted by Gasteiger charge is 2.29. The van der Waals surface area contributed by atoms with Crippen molar-refractivity contribution in [3.63, 3.8) is 0 Å². The number of ether oxygens (including phenoxy) is 3. The highest BCUT2D eigenvalue weighted by molar-refractivity contribution is 7.46. The monoisotopic (exact) mass is 425 g/mol. The molecule has 0 aliphatic carbocycles. The summed E-state index contributed by atoms with van der Waals surface area (Å²) in [5.74, 6) is 1.52. The average Bonchev–Trinajstić information content (AvgIpc) is 2.70. The third kappa shape index (κ3) is 9.41. The van der Waals surface area contributed by atoms with Crippen molar-refractivity contribution in [3.05, 3.63) is 60.2 Å². The van der Waals surface area contributed by atoms with Gasteiger partial charge in [-0.3, -0.25) is 4.52 Å². The summed E-state index contributed by atoms with van der Waals surface area (Å²) in [4.78, 5) is 17.7. The molecule has 0 saturated heterocycles. The van der Waals surface area contributed by atoms with Crippen LogP contribution < -0.4 is 15.2 Å². The Morgan fingerprint density at radius 1 is 0.966 bits per heavy atom. The molecular formula is C20H28NO7P. The van der Waals surface area contributed by atoms with Gasteiger partial charge in [-0.1, -0.05) is 30.3 Å². The largest absolute Gasteiger partial charge is 0.490 e. The Labute approximate surface area is 170 Å². The quantitative estimate of drug-likeness (QED) is 0.255. The van der Waals surface area contributed by atoms with E-state index in [1.807, 2.05) is 54.6 Å². The molecule has 0 saturated carbocycles. The fourth-order valence-corrected chi connectivity index (χ4v) is 3.00. The van der Waals surface area contributed by atoms with E-state index < -0.39 is 20.2 Å². The summed E-state index contributed by atoms with van der Waals surface area (Å²) in [6.07, 6.45) is 0.893. The number of hydrogen-bond acceptors (Lipinski definition) is 6. The molecule has 2 rings (SSSR count). The lowest BCUT2D eigenvalue weighted by atomic mass is 10.0. The molecule has 9 heteroatoms. The van der Waals surface area contributed by atoms with E-state index in [0.29, 0.717) is 32.7 Å². The van der Waals surface area contributed by atoms with Crippen molar-refractivity contribution in [2.24, 2.45) is 5.73 Å². The van der Waals surface area contributed by atoms with Crippen LogP contribution >= 0.6 is 7.82 Å². The Hall–Kier alpha value is -1.93. The first kappa shape index (κ1) is 23.3. The Balaban J connectivity index is 1.77. The minimum atomic E-state index is -4.61. The van der Waals surface area contributed by atoms with Crippen LogP contribution in [0.2, 0.25) is 0 Å². The summed E-state index contributed by atoms with van der Waals surface area (Å²) in [7, 11) is -4.61. The summed E-state index contributed by atoms with van der Waals surface area (Å²) >= 11 is 0. The molecule has 1 unspecified atom stereocenters. The van der Waals surface area contributed by atoms with Crippen LogP contribution in [0.1, 0.15) is 18.9 Å². The smallest absolute Gasteiger partial charge is 0.469 e. The molecule has 0 heterocycles. The van der Waals surface area contributed by atoms with Crippen LogP contribution in [0, 0.1) is 0 Å². The van der Waals surface area contributed by atoms with Gasteiger partial charge in [-0.25, -0.2) is 4.57 Å². The van der Waals surface area contributed by atoms with Crippen molar-refractivity contribution in [1.82, 2.24) is 0 Å². The molecule has 2 aromatic carbocycles. The predicted octanol–water partition coefficient (Wildman–Crippen LogP) is 2.88. The topological polar surface area (TPSA) is 120 Å². The maximum atomic E-state index is 10.9. The molecular weight excluding hydrogens is 397 g/mol. The zero-order valence-electron chi connectivity index (χ0n) is 16.4. The van der Waals surface area contributed by atoms with Gasteiger partial charge in [-0.15, -0.1) is 0 Å². The van der Waals surface area contributed by atoms with Gasteiger partial charge in [0.15, 0.2) is 0 Å². The fourth-order valence-electron chi connectivity index (χ4n) is 2.61. The average molecular weight is 425 g/mol. The molecule has 0 amide bonds. The molecule has 0 radical (unpaired) electrons. The van der Waals surface area contributed by atoms with Crippen molar-refractivity contribution >= 4 is 7.82 Å². The fraction of sp³-hybridized carbons (Fsp3) is 0.400. The molecule has 2 aromatic rings. The molecule has 4 N–H and O–H groups in total. The van der Waals surface area contributed by atoms with Crippen LogP contribution in [0.5, 0.6) is 11.5 Å². The Kier molecular flexibility index (Phi) is 9.10. The number of hydrogen-bond donors (Lipinski definition) is 3.